The first-order valence-corrected chi connectivity index (χ1v) is 14.3. The second kappa shape index (κ2) is 13.5. The summed E-state index contributed by atoms with van der Waals surface area (Å²) in [7, 11) is -4.05. The third-order valence-electron chi connectivity index (χ3n) is 5.46. The first-order chi connectivity index (χ1) is 18.3. The summed E-state index contributed by atoms with van der Waals surface area (Å²) in [6.07, 6.45) is -1.93. The quantitative estimate of drug-likeness (QED) is 0.163. The Labute approximate surface area is 239 Å². The van der Waals surface area contributed by atoms with Crippen molar-refractivity contribution in [2.24, 2.45) is 0 Å². The van der Waals surface area contributed by atoms with Crippen LogP contribution in [0.1, 0.15) is 36.8 Å². The third-order valence-corrected chi connectivity index (χ3v) is 7.88. The molecule has 3 aromatic carbocycles. The van der Waals surface area contributed by atoms with Crippen molar-refractivity contribution in [3.63, 3.8) is 0 Å². The standard InChI is InChI=1S/C26H24Cl2F3N3O3S2/c27-22-13-12-20(16-23(22)28)33-25(38)34-39(36,37)21-10-5-9-19(15-21)32-24(35)11-3-1-2-6-17-7-4-8-18(14-17)26(29,30)31/h4-5,7-10,12-16H,1-3,6,11H2,(H,32,35)(H2,33,34,38). The second-order valence-corrected chi connectivity index (χ2v) is 11.4. The molecule has 3 rings (SSSR count). The SMILES string of the molecule is O=C(CCCCCc1cccc(C(F)(F)F)c1)Nc1cccc(S(=O)(=O)NC(=S)Nc2ccc(Cl)c(Cl)c2)c1. The van der Waals surface area contributed by atoms with Crippen molar-refractivity contribution in [3.05, 3.63) is 87.9 Å². The molecule has 39 heavy (non-hydrogen) atoms. The van der Waals surface area contributed by atoms with Crippen LogP contribution in [0.4, 0.5) is 24.5 Å². The maximum Gasteiger partial charge on any atom is 0.416 e. The average molecular weight is 619 g/mol. The van der Waals surface area contributed by atoms with E-state index < -0.39 is 21.8 Å². The highest BCUT2D eigenvalue weighted by Gasteiger charge is 2.30. The first kappa shape index (κ1) is 30.7. The number of hydrogen-bond acceptors (Lipinski definition) is 4. The molecule has 0 saturated carbocycles. The highest BCUT2D eigenvalue weighted by molar-refractivity contribution is 7.92. The Morgan fingerprint density at radius 2 is 1.56 bits per heavy atom. The fourth-order valence-corrected chi connectivity index (χ4v) is 5.27. The molecule has 0 saturated heterocycles. The summed E-state index contributed by atoms with van der Waals surface area (Å²) >= 11 is 16.9. The predicted octanol–water partition coefficient (Wildman–Crippen LogP) is 7.43. The van der Waals surface area contributed by atoms with Gasteiger partial charge in [-0.05, 0) is 79.5 Å². The molecule has 0 aliphatic rings. The van der Waals surface area contributed by atoms with Crippen molar-refractivity contribution < 1.29 is 26.4 Å². The molecule has 0 aliphatic carbocycles. The number of alkyl halides is 3. The molecule has 13 heteroatoms. The number of nitrogens with one attached hydrogen (secondary N) is 3. The Hall–Kier alpha value is -2.86. The highest BCUT2D eigenvalue weighted by Crippen LogP contribution is 2.30. The summed E-state index contributed by atoms with van der Waals surface area (Å²) in [6, 6.07) is 15.5. The summed E-state index contributed by atoms with van der Waals surface area (Å²) in [4.78, 5) is 12.2. The number of carbonyl (C=O) groups excluding carboxylic acids is 1. The van der Waals surface area contributed by atoms with E-state index in [0.717, 1.165) is 12.1 Å². The van der Waals surface area contributed by atoms with Crippen LogP contribution in [0.25, 0.3) is 0 Å². The van der Waals surface area contributed by atoms with Crippen LogP contribution in [-0.4, -0.2) is 19.4 Å². The summed E-state index contributed by atoms with van der Waals surface area (Å²) in [5.41, 5.74) is 0.638. The number of thiocarbonyl (C=S) groups is 1. The van der Waals surface area contributed by atoms with Gasteiger partial charge >= 0.3 is 6.18 Å². The Morgan fingerprint density at radius 3 is 2.28 bits per heavy atom. The molecule has 3 N–H and O–H groups in total. The zero-order valence-electron chi connectivity index (χ0n) is 20.3. The Kier molecular flexibility index (Phi) is 10.6. The van der Waals surface area contributed by atoms with Gasteiger partial charge in [0, 0.05) is 17.8 Å². The van der Waals surface area contributed by atoms with Gasteiger partial charge in [-0.2, -0.15) is 13.2 Å². The van der Waals surface area contributed by atoms with Gasteiger partial charge in [-0.1, -0.05) is 53.9 Å². The van der Waals surface area contributed by atoms with Gasteiger partial charge in [0.25, 0.3) is 10.0 Å². The van der Waals surface area contributed by atoms with Crippen LogP contribution in [0.2, 0.25) is 10.0 Å². The molecule has 208 valence electrons. The van der Waals surface area contributed by atoms with E-state index in [1.54, 1.807) is 18.2 Å². The van der Waals surface area contributed by atoms with E-state index in [2.05, 4.69) is 15.4 Å². The molecule has 0 fully saturated rings. The topological polar surface area (TPSA) is 87.3 Å². The first-order valence-electron chi connectivity index (χ1n) is 11.7. The van der Waals surface area contributed by atoms with Crippen LogP contribution in [-0.2, 0) is 27.4 Å². The van der Waals surface area contributed by atoms with E-state index in [1.165, 1.54) is 36.4 Å². The van der Waals surface area contributed by atoms with E-state index >= 15 is 0 Å². The van der Waals surface area contributed by atoms with E-state index in [0.29, 0.717) is 42.0 Å². The third kappa shape index (κ3) is 9.68. The number of halogens is 5. The van der Waals surface area contributed by atoms with Crippen LogP contribution in [0.5, 0.6) is 0 Å². The van der Waals surface area contributed by atoms with Gasteiger partial charge in [0.1, 0.15) is 0 Å². The maximum absolute atomic E-state index is 12.8. The molecular formula is C26H24Cl2F3N3O3S2. The minimum absolute atomic E-state index is 0.111. The Balaban J connectivity index is 1.47. The number of benzene rings is 3. The van der Waals surface area contributed by atoms with Gasteiger partial charge in [0.2, 0.25) is 5.91 Å². The van der Waals surface area contributed by atoms with E-state index in [9.17, 15) is 26.4 Å². The Morgan fingerprint density at radius 1 is 0.846 bits per heavy atom. The molecule has 1 amide bonds. The van der Waals surface area contributed by atoms with Crippen LogP contribution >= 0.6 is 35.4 Å². The lowest BCUT2D eigenvalue weighted by atomic mass is 10.0. The lowest BCUT2D eigenvalue weighted by Crippen LogP contribution is -2.34. The largest absolute Gasteiger partial charge is 0.416 e. The monoisotopic (exact) mass is 617 g/mol. The maximum atomic E-state index is 12.8. The molecule has 0 radical (unpaired) electrons. The zero-order chi connectivity index (χ0) is 28.6. The average Bonchev–Trinajstić information content (AvgIpc) is 2.85. The molecule has 0 unspecified atom stereocenters. The summed E-state index contributed by atoms with van der Waals surface area (Å²) < 4.78 is 66.3. The van der Waals surface area contributed by atoms with Crippen LogP contribution in [0.15, 0.2) is 71.6 Å². The molecule has 0 aliphatic heterocycles. The van der Waals surface area contributed by atoms with Crippen LogP contribution < -0.4 is 15.4 Å². The lowest BCUT2D eigenvalue weighted by Gasteiger charge is -2.13. The van der Waals surface area contributed by atoms with Gasteiger partial charge in [0.05, 0.1) is 20.5 Å². The number of amides is 1. The molecular weight excluding hydrogens is 594 g/mol. The number of aryl methyl sites for hydroxylation is 1. The predicted molar refractivity (Wildman–Crippen MR) is 152 cm³/mol. The molecule has 0 heterocycles. The van der Waals surface area contributed by atoms with Gasteiger partial charge in [0.15, 0.2) is 5.11 Å². The Bertz CT molecular complexity index is 1450. The second-order valence-electron chi connectivity index (χ2n) is 8.52. The number of sulfonamides is 1. The number of hydrogen-bond donors (Lipinski definition) is 3. The molecule has 6 nitrogen and oxygen atoms in total. The van der Waals surface area contributed by atoms with Crippen molar-refractivity contribution >= 4 is 67.8 Å². The fourth-order valence-electron chi connectivity index (χ4n) is 3.57. The molecule has 0 bridgehead atoms. The molecule has 0 spiro atoms. The minimum Gasteiger partial charge on any atom is -0.332 e. The van der Waals surface area contributed by atoms with Crippen molar-refractivity contribution in [2.45, 2.75) is 43.2 Å². The van der Waals surface area contributed by atoms with Crippen molar-refractivity contribution in [2.75, 3.05) is 10.6 Å². The van der Waals surface area contributed by atoms with Crippen LogP contribution in [0.3, 0.4) is 0 Å². The van der Waals surface area contributed by atoms with E-state index in [4.69, 9.17) is 35.4 Å². The van der Waals surface area contributed by atoms with Crippen molar-refractivity contribution in [1.29, 1.82) is 0 Å². The van der Waals surface area contributed by atoms with Gasteiger partial charge in [-0.15, -0.1) is 0 Å². The smallest absolute Gasteiger partial charge is 0.332 e. The molecule has 3 aromatic rings. The summed E-state index contributed by atoms with van der Waals surface area (Å²) in [5, 5.41) is 5.79. The number of carbonyl (C=O) groups is 1. The van der Waals surface area contributed by atoms with Gasteiger partial charge < -0.3 is 10.6 Å². The highest BCUT2D eigenvalue weighted by atomic mass is 35.5. The minimum atomic E-state index is -4.38. The van der Waals surface area contributed by atoms with Gasteiger partial charge in [-0.25, -0.2) is 8.42 Å². The van der Waals surface area contributed by atoms with Crippen molar-refractivity contribution in [3.8, 4) is 0 Å². The number of anilines is 2. The number of unbranched alkanes of at least 4 members (excludes halogenated alkanes) is 2. The van der Waals surface area contributed by atoms with Crippen LogP contribution in [0, 0.1) is 0 Å². The summed E-state index contributed by atoms with van der Waals surface area (Å²) in [6.45, 7) is 0. The van der Waals surface area contributed by atoms with E-state index in [1.807, 2.05) is 0 Å². The normalized spacial score (nSPS) is 11.6. The lowest BCUT2D eigenvalue weighted by molar-refractivity contribution is -0.137. The summed E-state index contributed by atoms with van der Waals surface area (Å²) in [5.74, 6) is -0.312. The van der Waals surface area contributed by atoms with Crippen molar-refractivity contribution in [1.82, 2.24) is 4.72 Å². The fraction of sp³-hybridized carbons (Fsp3) is 0.231. The zero-order valence-corrected chi connectivity index (χ0v) is 23.5. The molecule has 0 atom stereocenters. The number of rotatable bonds is 10. The van der Waals surface area contributed by atoms with Gasteiger partial charge in [-0.3, -0.25) is 9.52 Å². The molecule has 0 aromatic heterocycles. The van der Waals surface area contributed by atoms with E-state index in [-0.39, 0.29) is 33.0 Å².